The lowest BCUT2D eigenvalue weighted by Crippen LogP contribution is -2.35. The minimum absolute atomic E-state index is 0. The number of hydrogen-bond donors (Lipinski definition) is 2. The highest BCUT2D eigenvalue weighted by molar-refractivity contribution is 5.95. The van der Waals surface area contributed by atoms with Gasteiger partial charge in [-0.3, -0.25) is 4.79 Å². The summed E-state index contributed by atoms with van der Waals surface area (Å²) in [7, 11) is 2.15. The molecule has 2 N–H and O–H groups in total. The number of hydrogen-bond acceptors (Lipinski definition) is 4. The van der Waals surface area contributed by atoms with Gasteiger partial charge in [-0.05, 0) is 81.9 Å². The van der Waals surface area contributed by atoms with Crippen LogP contribution in [0.2, 0.25) is 0 Å². The molecule has 2 saturated heterocycles. The monoisotopic (exact) mass is 415 g/mol. The fourth-order valence-corrected chi connectivity index (χ4v) is 4.34. The van der Waals surface area contributed by atoms with Gasteiger partial charge in [0.25, 0.3) is 0 Å². The van der Waals surface area contributed by atoms with E-state index in [0.29, 0.717) is 6.10 Å². The van der Waals surface area contributed by atoms with Crippen LogP contribution in [-0.2, 0) is 4.79 Å². The first-order valence-electron chi connectivity index (χ1n) is 9.61. The maximum Gasteiger partial charge on any atom is 0.228 e. The third-order valence-electron chi connectivity index (χ3n) is 6.20. The second-order valence-corrected chi connectivity index (χ2v) is 8.00. The molecule has 5 nitrogen and oxygen atoms in total. The number of likely N-dealkylation sites (tertiary alicyclic amines) is 1. The van der Waals surface area contributed by atoms with Gasteiger partial charge in [-0.2, -0.15) is 0 Å². The number of rotatable bonds is 4. The normalized spacial score (nSPS) is 24.4. The van der Waals surface area contributed by atoms with Crippen LogP contribution in [0, 0.1) is 11.3 Å². The van der Waals surface area contributed by atoms with Crippen molar-refractivity contribution in [1.82, 2.24) is 10.2 Å². The largest absolute Gasteiger partial charge is 0.490 e. The standard InChI is InChI=1S/C20H29N3O2.2ClH/c1-23-12-6-17(7-13-23)25-16-4-2-15(3-5-16)22-19(24)18-14-20(18)8-10-21-11-9-20;;/h2-5,17-18,21H,6-14H2,1H3,(H,22,24);2*1H. The van der Waals surface area contributed by atoms with Crippen molar-refractivity contribution in [3.05, 3.63) is 24.3 Å². The molecule has 0 aromatic heterocycles. The SMILES string of the molecule is CN1CCC(Oc2ccc(NC(=O)C3CC34CCNCC4)cc2)CC1.Cl.Cl. The smallest absolute Gasteiger partial charge is 0.228 e. The third kappa shape index (κ3) is 5.29. The van der Waals surface area contributed by atoms with Crippen LogP contribution in [0.25, 0.3) is 0 Å². The minimum Gasteiger partial charge on any atom is -0.490 e. The van der Waals surface area contributed by atoms with Crippen LogP contribution in [-0.4, -0.2) is 50.1 Å². The van der Waals surface area contributed by atoms with Gasteiger partial charge in [0.05, 0.1) is 0 Å². The van der Waals surface area contributed by atoms with Gasteiger partial charge >= 0.3 is 0 Å². The molecule has 27 heavy (non-hydrogen) atoms. The van der Waals surface area contributed by atoms with Crippen LogP contribution in [0.4, 0.5) is 5.69 Å². The molecule has 1 aromatic carbocycles. The summed E-state index contributed by atoms with van der Waals surface area (Å²) >= 11 is 0. The van der Waals surface area contributed by atoms with Crippen molar-refractivity contribution in [2.75, 3.05) is 38.5 Å². The van der Waals surface area contributed by atoms with Gasteiger partial charge in [-0.25, -0.2) is 0 Å². The zero-order valence-corrected chi connectivity index (χ0v) is 17.5. The van der Waals surface area contributed by atoms with Crippen LogP contribution in [0.1, 0.15) is 32.1 Å². The topological polar surface area (TPSA) is 53.6 Å². The zero-order valence-electron chi connectivity index (χ0n) is 15.9. The third-order valence-corrected chi connectivity index (χ3v) is 6.20. The van der Waals surface area contributed by atoms with E-state index in [-0.39, 0.29) is 42.1 Å². The summed E-state index contributed by atoms with van der Waals surface area (Å²) < 4.78 is 6.07. The van der Waals surface area contributed by atoms with E-state index in [9.17, 15) is 4.79 Å². The summed E-state index contributed by atoms with van der Waals surface area (Å²) in [4.78, 5) is 14.9. The summed E-state index contributed by atoms with van der Waals surface area (Å²) in [6.07, 6.45) is 5.78. The zero-order chi connectivity index (χ0) is 17.3. The molecule has 1 saturated carbocycles. The molecular formula is C20H31Cl2N3O2. The van der Waals surface area contributed by atoms with Gasteiger partial charge in [-0.1, -0.05) is 0 Å². The van der Waals surface area contributed by atoms with Crippen molar-refractivity contribution in [1.29, 1.82) is 0 Å². The number of nitrogens with zero attached hydrogens (tertiary/aromatic N) is 1. The number of anilines is 1. The molecule has 152 valence electrons. The Hall–Kier alpha value is -1.01. The van der Waals surface area contributed by atoms with Crippen LogP contribution in [0.5, 0.6) is 5.75 Å². The molecule has 1 aromatic rings. The average Bonchev–Trinajstić information content (AvgIpc) is 3.32. The van der Waals surface area contributed by atoms with Gasteiger partial charge in [0.15, 0.2) is 0 Å². The van der Waals surface area contributed by atoms with Gasteiger partial charge in [0.2, 0.25) is 5.91 Å². The van der Waals surface area contributed by atoms with Gasteiger partial charge in [0, 0.05) is 24.7 Å². The molecule has 2 heterocycles. The van der Waals surface area contributed by atoms with E-state index in [4.69, 9.17) is 4.74 Å². The molecule has 1 amide bonds. The van der Waals surface area contributed by atoms with E-state index >= 15 is 0 Å². The number of halogens is 2. The first-order valence-corrected chi connectivity index (χ1v) is 9.61. The van der Waals surface area contributed by atoms with Crippen LogP contribution in [0.3, 0.4) is 0 Å². The summed E-state index contributed by atoms with van der Waals surface area (Å²) in [6.45, 7) is 4.29. The molecule has 2 aliphatic heterocycles. The number of carbonyl (C=O) groups is 1. The molecule has 4 rings (SSSR count). The second-order valence-electron chi connectivity index (χ2n) is 8.00. The Labute approximate surface area is 174 Å². The number of amides is 1. The predicted molar refractivity (Wildman–Crippen MR) is 113 cm³/mol. The highest BCUT2D eigenvalue weighted by atomic mass is 35.5. The Morgan fingerprint density at radius 1 is 1.15 bits per heavy atom. The van der Waals surface area contributed by atoms with E-state index < -0.39 is 0 Å². The van der Waals surface area contributed by atoms with Crippen molar-refractivity contribution in [3.8, 4) is 5.75 Å². The predicted octanol–water partition coefficient (Wildman–Crippen LogP) is 3.33. The lowest BCUT2D eigenvalue weighted by molar-refractivity contribution is -0.118. The molecule has 3 fully saturated rings. The van der Waals surface area contributed by atoms with Gasteiger partial charge in [0.1, 0.15) is 11.9 Å². The fraction of sp³-hybridized carbons (Fsp3) is 0.650. The molecule has 0 bridgehead atoms. The van der Waals surface area contributed by atoms with Crippen molar-refractivity contribution in [2.24, 2.45) is 11.3 Å². The average molecular weight is 416 g/mol. The molecule has 0 radical (unpaired) electrons. The van der Waals surface area contributed by atoms with Gasteiger partial charge in [-0.15, -0.1) is 24.8 Å². The highest BCUT2D eigenvalue weighted by Gasteiger charge is 2.57. The Morgan fingerprint density at radius 2 is 1.78 bits per heavy atom. The van der Waals surface area contributed by atoms with Crippen molar-refractivity contribution < 1.29 is 9.53 Å². The maximum atomic E-state index is 12.5. The number of nitrogens with one attached hydrogen (secondary N) is 2. The van der Waals surface area contributed by atoms with Gasteiger partial charge < -0.3 is 20.3 Å². The summed E-state index contributed by atoms with van der Waals surface area (Å²) in [5.74, 6) is 1.28. The minimum atomic E-state index is 0. The van der Waals surface area contributed by atoms with E-state index in [1.807, 2.05) is 24.3 Å². The fourth-order valence-electron chi connectivity index (χ4n) is 4.34. The van der Waals surface area contributed by atoms with Crippen LogP contribution in [0.15, 0.2) is 24.3 Å². The van der Waals surface area contributed by atoms with Crippen LogP contribution >= 0.6 is 24.8 Å². The first kappa shape index (κ1) is 22.3. The molecular weight excluding hydrogens is 385 g/mol. The summed E-state index contributed by atoms with van der Waals surface area (Å²) in [5, 5.41) is 6.47. The number of carbonyl (C=O) groups excluding carboxylic acids is 1. The lowest BCUT2D eigenvalue weighted by atomic mass is 9.92. The summed E-state index contributed by atoms with van der Waals surface area (Å²) in [6, 6.07) is 7.86. The first-order chi connectivity index (χ1) is 12.1. The number of ether oxygens (including phenoxy) is 1. The Bertz CT molecular complexity index is 612. The summed E-state index contributed by atoms with van der Waals surface area (Å²) in [5.41, 5.74) is 1.16. The highest BCUT2D eigenvalue weighted by Crippen LogP contribution is 2.58. The molecule has 7 heteroatoms. The quantitative estimate of drug-likeness (QED) is 0.791. The van der Waals surface area contributed by atoms with E-state index in [0.717, 1.165) is 69.7 Å². The van der Waals surface area contributed by atoms with Crippen molar-refractivity contribution in [3.63, 3.8) is 0 Å². The number of benzene rings is 1. The van der Waals surface area contributed by atoms with Crippen molar-refractivity contribution in [2.45, 2.75) is 38.2 Å². The number of piperidine rings is 2. The van der Waals surface area contributed by atoms with Crippen LogP contribution < -0.4 is 15.4 Å². The molecule has 1 unspecified atom stereocenters. The molecule has 3 aliphatic rings. The van der Waals surface area contributed by atoms with E-state index in [1.165, 1.54) is 0 Å². The molecule has 1 atom stereocenters. The second kappa shape index (κ2) is 9.46. The van der Waals surface area contributed by atoms with Crippen molar-refractivity contribution >= 4 is 36.4 Å². The van der Waals surface area contributed by atoms with E-state index in [1.54, 1.807) is 0 Å². The Kier molecular flexibility index (Phi) is 7.81. The molecule has 1 aliphatic carbocycles. The lowest BCUT2D eigenvalue weighted by Gasteiger charge is -2.29. The van der Waals surface area contributed by atoms with E-state index in [2.05, 4.69) is 22.6 Å². The Morgan fingerprint density at radius 3 is 2.41 bits per heavy atom. The molecule has 1 spiro atoms. The Balaban J connectivity index is 0.00000131. The maximum absolute atomic E-state index is 12.5.